The molecule has 6 aromatic rings. The van der Waals surface area contributed by atoms with Crippen LogP contribution in [0.1, 0.15) is 11.1 Å². The maximum atomic E-state index is 12.9. The van der Waals surface area contributed by atoms with Gasteiger partial charge in [0.2, 0.25) is 0 Å². The molecule has 0 aliphatic carbocycles. The van der Waals surface area contributed by atoms with E-state index in [1.54, 1.807) is 30.5 Å². The summed E-state index contributed by atoms with van der Waals surface area (Å²) in [6.07, 6.45) is -7.21. The van der Waals surface area contributed by atoms with Gasteiger partial charge in [0.15, 0.2) is 0 Å². The molecule has 0 atom stereocenters. The minimum Gasteiger partial charge on any atom is -0.305 e. The van der Waals surface area contributed by atoms with Gasteiger partial charge in [-0.2, -0.15) is 26.3 Å². The van der Waals surface area contributed by atoms with Crippen molar-refractivity contribution in [1.29, 1.82) is 0 Å². The van der Waals surface area contributed by atoms with Gasteiger partial charge in [-0.15, -0.1) is 65.7 Å². The molecule has 0 aliphatic heterocycles. The van der Waals surface area contributed by atoms with E-state index in [4.69, 9.17) is 0 Å². The first-order valence-electron chi connectivity index (χ1n) is 12.5. The van der Waals surface area contributed by atoms with Crippen LogP contribution >= 0.6 is 0 Å². The number of rotatable bonds is 3. The van der Waals surface area contributed by atoms with E-state index in [-0.39, 0.29) is 38.0 Å². The molecule has 43 heavy (non-hydrogen) atoms. The van der Waals surface area contributed by atoms with E-state index in [9.17, 15) is 26.3 Å². The predicted octanol–water partition coefficient (Wildman–Crippen LogP) is 9.35. The van der Waals surface area contributed by atoms with Crippen LogP contribution in [0.15, 0.2) is 115 Å². The van der Waals surface area contributed by atoms with Crippen molar-refractivity contribution < 1.29 is 47.4 Å². The monoisotopic (exact) mass is 766 g/mol. The Balaban J connectivity index is 0.000000272. The number of hydrogen-bond acceptors (Lipinski definition) is 3. The Morgan fingerprint density at radius 3 is 1.67 bits per heavy atom. The molecule has 0 radical (unpaired) electrons. The quantitative estimate of drug-likeness (QED) is 0.133. The molecule has 0 amide bonds. The number of hydrogen-bond donors (Lipinski definition) is 0. The normalized spacial score (nSPS) is 11.3. The summed E-state index contributed by atoms with van der Waals surface area (Å²) in [5, 5.41) is 0. The van der Waals surface area contributed by atoms with Crippen LogP contribution in [0.25, 0.3) is 44.8 Å². The molecule has 0 bridgehead atoms. The summed E-state index contributed by atoms with van der Waals surface area (Å²) in [7, 11) is 0. The molecule has 10 heteroatoms. The van der Waals surface area contributed by atoms with Crippen molar-refractivity contribution >= 4 is 11.0 Å². The average Bonchev–Trinajstić information content (AvgIpc) is 3.01. The van der Waals surface area contributed by atoms with E-state index in [1.807, 2.05) is 42.5 Å². The molecule has 4 aromatic carbocycles. The van der Waals surface area contributed by atoms with Crippen molar-refractivity contribution in [2.45, 2.75) is 12.4 Å². The summed E-state index contributed by atoms with van der Waals surface area (Å²) in [5.41, 5.74) is 2.40. The van der Waals surface area contributed by atoms with Crippen molar-refractivity contribution in [3.63, 3.8) is 0 Å². The molecular weight excluding hydrogens is 747 g/mol. The maximum Gasteiger partial charge on any atom is 2.00 e. The third-order valence-corrected chi connectivity index (χ3v) is 6.10. The number of halogens is 6. The number of benzene rings is 4. The standard InChI is InChI=1S/C22H11F6N2.C11H8N.Pt/c23-21(24,25)15-9-5-13(6-10-15)19-20(30-18-4-2-1-3-17(18)29-19)14-7-11-16(12-8-14)22(26,27)28;1-2-6-10(7-3-1)11-8-4-5-9-12-11;/h1-7,9-12H;1-6,8-9H;/q2*-1;+2. The van der Waals surface area contributed by atoms with E-state index in [2.05, 4.69) is 27.1 Å². The molecule has 0 aliphatic rings. The van der Waals surface area contributed by atoms with E-state index in [0.717, 1.165) is 35.5 Å². The van der Waals surface area contributed by atoms with Crippen molar-refractivity contribution in [3.05, 3.63) is 139 Å². The number of aromatic nitrogens is 3. The second-order valence-electron chi connectivity index (χ2n) is 8.96. The number of pyridine rings is 1. The smallest absolute Gasteiger partial charge is 0.305 e. The van der Waals surface area contributed by atoms with Crippen LogP contribution in [-0.2, 0) is 33.4 Å². The average molecular weight is 767 g/mol. The SMILES string of the molecule is FC(F)(F)c1c[c-]c(-c2nc3ccccc3nc2-c2ccc(C(F)(F)F)cc2)cc1.[Pt+2].[c-]1ccccc1-c1ccccn1. The van der Waals surface area contributed by atoms with Crippen LogP contribution in [0.4, 0.5) is 26.3 Å². The van der Waals surface area contributed by atoms with Crippen LogP contribution in [-0.4, -0.2) is 15.0 Å². The van der Waals surface area contributed by atoms with Crippen LogP contribution < -0.4 is 0 Å². The maximum absolute atomic E-state index is 12.9. The summed E-state index contributed by atoms with van der Waals surface area (Å²) in [6, 6.07) is 33.5. The van der Waals surface area contributed by atoms with Gasteiger partial charge < -0.3 is 4.98 Å². The molecule has 2 aromatic heterocycles. The first-order valence-corrected chi connectivity index (χ1v) is 12.5. The third kappa shape index (κ3) is 7.73. The van der Waals surface area contributed by atoms with E-state index in [1.165, 1.54) is 18.2 Å². The van der Waals surface area contributed by atoms with Crippen molar-refractivity contribution in [2.24, 2.45) is 0 Å². The van der Waals surface area contributed by atoms with Gasteiger partial charge in [0.05, 0.1) is 22.3 Å². The van der Waals surface area contributed by atoms with Crippen LogP contribution in [0.3, 0.4) is 0 Å². The number of para-hydroxylation sites is 2. The molecule has 0 unspecified atom stereocenters. The topological polar surface area (TPSA) is 38.7 Å². The van der Waals surface area contributed by atoms with Gasteiger partial charge >= 0.3 is 33.4 Å². The summed E-state index contributed by atoms with van der Waals surface area (Å²) >= 11 is 0. The molecule has 0 spiro atoms. The summed E-state index contributed by atoms with van der Waals surface area (Å²) in [5.74, 6) is 0. The van der Waals surface area contributed by atoms with Gasteiger partial charge in [-0.1, -0.05) is 36.4 Å². The number of fused-ring (bicyclic) bond motifs is 1. The molecule has 2 heterocycles. The minimum atomic E-state index is -4.51. The van der Waals surface area contributed by atoms with E-state index >= 15 is 0 Å². The molecule has 0 N–H and O–H groups in total. The second kappa shape index (κ2) is 13.3. The fraction of sp³-hybridized carbons (Fsp3) is 0.0606. The fourth-order valence-corrected chi connectivity index (χ4v) is 4.03. The Morgan fingerprint density at radius 2 is 1.14 bits per heavy atom. The Morgan fingerprint density at radius 1 is 0.535 bits per heavy atom. The zero-order valence-corrected chi connectivity index (χ0v) is 24.2. The van der Waals surface area contributed by atoms with Crippen LogP contribution in [0.5, 0.6) is 0 Å². The van der Waals surface area contributed by atoms with Crippen molar-refractivity contribution in [1.82, 2.24) is 15.0 Å². The van der Waals surface area contributed by atoms with Gasteiger partial charge in [0.25, 0.3) is 0 Å². The molecular formula is C33H19F6N3Pt. The van der Waals surface area contributed by atoms with E-state index < -0.39 is 23.5 Å². The molecule has 0 saturated heterocycles. The second-order valence-corrected chi connectivity index (χ2v) is 8.96. The first-order chi connectivity index (χ1) is 20.1. The largest absolute Gasteiger partial charge is 2.00 e. The van der Waals surface area contributed by atoms with Gasteiger partial charge in [0.1, 0.15) is 0 Å². The molecule has 6 rings (SSSR count). The molecule has 218 valence electrons. The van der Waals surface area contributed by atoms with Crippen LogP contribution in [0.2, 0.25) is 0 Å². The Labute approximate surface area is 257 Å². The van der Waals surface area contributed by atoms with Crippen LogP contribution in [0, 0.1) is 12.1 Å². The zero-order chi connectivity index (χ0) is 29.7. The predicted molar refractivity (Wildman–Crippen MR) is 148 cm³/mol. The molecule has 0 saturated carbocycles. The number of nitrogens with zero attached hydrogens (tertiary/aromatic N) is 3. The molecule has 0 fully saturated rings. The summed E-state index contributed by atoms with van der Waals surface area (Å²) in [6.45, 7) is 0. The van der Waals surface area contributed by atoms with Gasteiger partial charge in [0, 0.05) is 11.9 Å². The summed E-state index contributed by atoms with van der Waals surface area (Å²) < 4.78 is 77.3. The Hall–Kier alpha value is -4.36. The Bertz CT molecular complexity index is 1640. The zero-order valence-electron chi connectivity index (χ0n) is 21.9. The van der Waals surface area contributed by atoms with Gasteiger partial charge in [-0.3, -0.25) is 9.97 Å². The third-order valence-electron chi connectivity index (χ3n) is 6.10. The van der Waals surface area contributed by atoms with E-state index in [0.29, 0.717) is 16.6 Å². The van der Waals surface area contributed by atoms with Gasteiger partial charge in [-0.25, -0.2) is 0 Å². The van der Waals surface area contributed by atoms with Gasteiger partial charge in [-0.05, 0) is 47.2 Å². The number of alkyl halides is 6. The fourth-order valence-electron chi connectivity index (χ4n) is 4.03. The summed E-state index contributed by atoms with van der Waals surface area (Å²) in [4.78, 5) is 13.2. The first kappa shape index (κ1) is 31.6. The minimum absolute atomic E-state index is 0. The Kier molecular flexibility index (Phi) is 9.76. The van der Waals surface area contributed by atoms with Crippen molar-refractivity contribution in [3.8, 4) is 33.8 Å². The molecule has 3 nitrogen and oxygen atoms in total. The van der Waals surface area contributed by atoms with Crippen molar-refractivity contribution in [2.75, 3.05) is 0 Å².